The standard InChI is InChI=1S/C8H8F5NS.ClH/c1-4-2-3-5(15-4)6(14)7(9,10)8(11,12)13;/h2-3,6H,14H2,1H3;1H/t6-;/m1./s1. The highest BCUT2D eigenvalue weighted by molar-refractivity contribution is 7.12. The van der Waals surface area contributed by atoms with Crippen LogP contribution in [-0.2, 0) is 0 Å². The predicted molar refractivity (Wildman–Crippen MR) is 54.2 cm³/mol. The first-order valence-corrected chi connectivity index (χ1v) is 4.74. The van der Waals surface area contributed by atoms with E-state index in [1.165, 1.54) is 12.1 Å². The van der Waals surface area contributed by atoms with Crippen LogP contribution in [0.15, 0.2) is 12.1 Å². The van der Waals surface area contributed by atoms with Gasteiger partial charge in [-0.05, 0) is 19.1 Å². The monoisotopic (exact) mass is 281 g/mol. The molecule has 0 unspecified atom stereocenters. The van der Waals surface area contributed by atoms with Gasteiger partial charge in [-0.15, -0.1) is 23.7 Å². The molecular formula is C8H9ClF5NS. The van der Waals surface area contributed by atoms with Gasteiger partial charge >= 0.3 is 12.1 Å². The molecule has 0 saturated heterocycles. The van der Waals surface area contributed by atoms with Crippen LogP contribution in [-0.4, -0.2) is 12.1 Å². The summed E-state index contributed by atoms with van der Waals surface area (Å²) < 4.78 is 61.4. The molecule has 1 atom stereocenters. The molecule has 0 aliphatic rings. The minimum atomic E-state index is -5.62. The Bertz CT molecular complexity index is 348. The van der Waals surface area contributed by atoms with Crippen molar-refractivity contribution >= 4 is 23.7 Å². The first-order chi connectivity index (χ1) is 6.66. The minimum absolute atomic E-state index is 0. The van der Waals surface area contributed by atoms with E-state index >= 15 is 0 Å². The minimum Gasteiger partial charge on any atom is -0.318 e. The molecule has 16 heavy (non-hydrogen) atoms. The zero-order valence-corrected chi connectivity index (χ0v) is 9.65. The summed E-state index contributed by atoms with van der Waals surface area (Å²) in [7, 11) is 0. The van der Waals surface area contributed by atoms with Gasteiger partial charge in [0.15, 0.2) is 0 Å². The van der Waals surface area contributed by atoms with Crippen molar-refractivity contribution in [2.24, 2.45) is 5.73 Å². The van der Waals surface area contributed by atoms with Crippen molar-refractivity contribution in [2.45, 2.75) is 25.1 Å². The average molecular weight is 282 g/mol. The van der Waals surface area contributed by atoms with E-state index in [1.54, 1.807) is 6.92 Å². The van der Waals surface area contributed by atoms with Gasteiger partial charge in [0.2, 0.25) is 0 Å². The van der Waals surface area contributed by atoms with Crippen LogP contribution in [0, 0.1) is 6.92 Å². The highest BCUT2D eigenvalue weighted by Gasteiger charge is 2.62. The van der Waals surface area contributed by atoms with Gasteiger partial charge < -0.3 is 5.73 Å². The summed E-state index contributed by atoms with van der Waals surface area (Å²) in [4.78, 5) is 0.466. The lowest BCUT2D eigenvalue weighted by atomic mass is 10.1. The third-order valence-corrected chi connectivity index (χ3v) is 2.92. The quantitative estimate of drug-likeness (QED) is 0.822. The molecule has 94 valence electrons. The van der Waals surface area contributed by atoms with Crippen LogP contribution in [0.3, 0.4) is 0 Å². The Kier molecular flexibility index (Phi) is 4.73. The molecule has 0 saturated carbocycles. The largest absolute Gasteiger partial charge is 0.455 e. The number of thiophene rings is 1. The molecule has 0 aliphatic heterocycles. The molecule has 0 amide bonds. The average Bonchev–Trinajstić information content (AvgIpc) is 2.48. The van der Waals surface area contributed by atoms with E-state index in [2.05, 4.69) is 0 Å². The Morgan fingerprint density at radius 3 is 2.00 bits per heavy atom. The normalized spacial score (nSPS) is 14.4. The Labute approximate surface area is 98.9 Å². The summed E-state index contributed by atoms with van der Waals surface area (Å²) in [6, 6.07) is 0.299. The molecule has 0 bridgehead atoms. The molecule has 0 spiro atoms. The van der Waals surface area contributed by atoms with Crippen LogP contribution in [0.4, 0.5) is 22.0 Å². The fourth-order valence-electron chi connectivity index (χ4n) is 0.976. The summed E-state index contributed by atoms with van der Waals surface area (Å²) in [5.41, 5.74) is 4.91. The van der Waals surface area contributed by atoms with Crippen molar-refractivity contribution in [3.63, 3.8) is 0 Å². The van der Waals surface area contributed by atoms with Gasteiger partial charge in [-0.2, -0.15) is 22.0 Å². The van der Waals surface area contributed by atoms with Crippen LogP contribution >= 0.6 is 23.7 Å². The number of hydrogen-bond acceptors (Lipinski definition) is 2. The number of alkyl halides is 5. The SMILES string of the molecule is Cc1ccc([C@@H](N)C(F)(F)C(F)(F)F)s1.Cl. The Morgan fingerprint density at radius 2 is 1.69 bits per heavy atom. The highest BCUT2D eigenvalue weighted by atomic mass is 35.5. The van der Waals surface area contributed by atoms with Gasteiger partial charge in [-0.3, -0.25) is 0 Å². The molecule has 0 aliphatic carbocycles. The second-order valence-electron chi connectivity index (χ2n) is 3.05. The summed E-state index contributed by atoms with van der Waals surface area (Å²) in [6.07, 6.45) is -5.62. The maximum atomic E-state index is 12.8. The lowest BCUT2D eigenvalue weighted by molar-refractivity contribution is -0.290. The topological polar surface area (TPSA) is 26.0 Å². The molecule has 8 heteroatoms. The number of hydrogen-bond donors (Lipinski definition) is 1. The van der Waals surface area contributed by atoms with E-state index < -0.39 is 18.1 Å². The zero-order chi connectivity index (χ0) is 11.9. The molecule has 1 heterocycles. The molecule has 0 aromatic carbocycles. The second kappa shape index (κ2) is 4.85. The van der Waals surface area contributed by atoms with Crippen LogP contribution < -0.4 is 5.73 Å². The van der Waals surface area contributed by atoms with Crippen LogP contribution in [0.25, 0.3) is 0 Å². The van der Waals surface area contributed by atoms with E-state index in [0.717, 1.165) is 11.3 Å². The van der Waals surface area contributed by atoms with E-state index in [0.29, 0.717) is 4.88 Å². The lowest BCUT2D eigenvalue weighted by Gasteiger charge is -2.24. The molecule has 0 fully saturated rings. The number of halogens is 6. The number of rotatable bonds is 2. The number of aryl methyl sites for hydroxylation is 1. The van der Waals surface area contributed by atoms with Crippen molar-refractivity contribution in [2.75, 3.05) is 0 Å². The summed E-state index contributed by atoms with van der Waals surface area (Å²) in [6.45, 7) is 1.60. The van der Waals surface area contributed by atoms with E-state index in [-0.39, 0.29) is 17.3 Å². The first-order valence-electron chi connectivity index (χ1n) is 3.92. The molecule has 1 aromatic heterocycles. The van der Waals surface area contributed by atoms with E-state index in [1.807, 2.05) is 0 Å². The molecule has 1 nitrogen and oxygen atoms in total. The van der Waals surface area contributed by atoms with Gasteiger partial charge in [0.25, 0.3) is 0 Å². The smallest absolute Gasteiger partial charge is 0.318 e. The maximum Gasteiger partial charge on any atom is 0.455 e. The van der Waals surface area contributed by atoms with E-state index in [4.69, 9.17) is 5.73 Å². The van der Waals surface area contributed by atoms with Gasteiger partial charge in [-0.1, -0.05) is 0 Å². The van der Waals surface area contributed by atoms with Crippen molar-refractivity contribution in [1.82, 2.24) is 0 Å². The van der Waals surface area contributed by atoms with Crippen LogP contribution in [0.2, 0.25) is 0 Å². The molecule has 2 N–H and O–H groups in total. The lowest BCUT2D eigenvalue weighted by Crippen LogP contribution is -2.45. The van der Waals surface area contributed by atoms with Crippen molar-refractivity contribution in [3.8, 4) is 0 Å². The Balaban J connectivity index is 0.00000225. The van der Waals surface area contributed by atoms with Crippen molar-refractivity contribution < 1.29 is 22.0 Å². The summed E-state index contributed by atoms with van der Waals surface area (Å²) in [5.74, 6) is -4.90. The second-order valence-corrected chi connectivity index (χ2v) is 4.37. The maximum absolute atomic E-state index is 12.8. The third kappa shape index (κ3) is 2.83. The molecule has 0 radical (unpaired) electrons. The van der Waals surface area contributed by atoms with E-state index in [9.17, 15) is 22.0 Å². The Hall–Kier alpha value is -0.400. The molecular weight excluding hydrogens is 273 g/mol. The zero-order valence-electron chi connectivity index (χ0n) is 8.02. The summed E-state index contributed by atoms with van der Waals surface area (Å²) in [5, 5.41) is 0. The van der Waals surface area contributed by atoms with Crippen molar-refractivity contribution in [1.29, 1.82) is 0 Å². The highest BCUT2D eigenvalue weighted by Crippen LogP contribution is 2.44. The molecule has 1 rings (SSSR count). The van der Waals surface area contributed by atoms with Crippen LogP contribution in [0.1, 0.15) is 15.8 Å². The third-order valence-electron chi connectivity index (χ3n) is 1.84. The fraction of sp³-hybridized carbons (Fsp3) is 0.500. The van der Waals surface area contributed by atoms with Gasteiger partial charge in [0, 0.05) is 9.75 Å². The number of nitrogens with two attached hydrogens (primary N) is 1. The van der Waals surface area contributed by atoms with Gasteiger partial charge in [0.05, 0.1) is 0 Å². The predicted octanol–water partition coefficient (Wildman–Crippen LogP) is 3.68. The Morgan fingerprint density at radius 1 is 1.19 bits per heavy atom. The van der Waals surface area contributed by atoms with Crippen LogP contribution in [0.5, 0.6) is 0 Å². The van der Waals surface area contributed by atoms with Gasteiger partial charge in [0.1, 0.15) is 6.04 Å². The van der Waals surface area contributed by atoms with Gasteiger partial charge in [-0.25, -0.2) is 0 Å². The fourth-order valence-corrected chi connectivity index (χ4v) is 1.89. The molecule has 1 aromatic rings. The first kappa shape index (κ1) is 15.6. The van der Waals surface area contributed by atoms with Crippen molar-refractivity contribution in [3.05, 3.63) is 21.9 Å². The summed E-state index contributed by atoms with van der Waals surface area (Å²) >= 11 is 0.834.